The van der Waals surface area contributed by atoms with Crippen LogP contribution in [0.5, 0.6) is 0 Å². The summed E-state index contributed by atoms with van der Waals surface area (Å²) >= 11 is 0. The van der Waals surface area contributed by atoms with Crippen LogP contribution in [0.3, 0.4) is 0 Å². The van der Waals surface area contributed by atoms with E-state index in [9.17, 15) is 19.2 Å². The Morgan fingerprint density at radius 3 is 2.50 bits per heavy atom. The second-order valence-corrected chi connectivity index (χ2v) is 7.68. The van der Waals surface area contributed by atoms with Gasteiger partial charge >= 0.3 is 17.9 Å². The number of esters is 3. The molecule has 28 heavy (non-hydrogen) atoms. The van der Waals surface area contributed by atoms with Gasteiger partial charge in [-0.15, -0.1) is 0 Å². The van der Waals surface area contributed by atoms with Crippen molar-refractivity contribution in [3.05, 3.63) is 36.5 Å². The van der Waals surface area contributed by atoms with Crippen LogP contribution in [0.1, 0.15) is 40.5 Å². The molecule has 0 amide bonds. The maximum absolute atomic E-state index is 12.8. The van der Waals surface area contributed by atoms with Gasteiger partial charge in [0.2, 0.25) is 0 Å². The first kappa shape index (κ1) is 21.6. The zero-order valence-electron chi connectivity index (χ0n) is 16.7. The van der Waals surface area contributed by atoms with Gasteiger partial charge in [-0.1, -0.05) is 26.2 Å². The number of hydrogen-bond donors (Lipinski definition) is 0. The molecule has 2 aliphatic rings. The Labute approximate surface area is 164 Å². The molecule has 0 aromatic rings. The third-order valence-corrected chi connectivity index (χ3v) is 4.99. The van der Waals surface area contributed by atoms with Gasteiger partial charge in [0.1, 0.15) is 12.2 Å². The molecule has 1 aliphatic heterocycles. The predicted octanol–water partition coefficient (Wildman–Crippen LogP) is 2.45. The molecule has 5 atom stereocenters. The van der Waals surface area contributed by atoms with Gasteiger partial charge < -0.3 is 14.2 Å². The van der Waals surface area contributed by atoms with Crippen molar-refractivity contribution in [2.45, 2.75) is 58.3 Å². The summed E-state index contributed by atoms with van der Waals surface area (Å²) in [6.07, 6.45) is 1.82. The number of allylic oxidation sites excluding steroid dienone is 1. The van der Waals surface area contributed by atoms with Crippen LogP contribution >= 0.6 is 0 Å². The van der Waals surface area contributed by atoms with Crippen molar-refractivity contribution in [3.63, 3.8) is 0 Å². The molecular weight excluding hydrogens is 364 g/mol. The fourth-order valence-electron chi connectivity index (χ4n) is 3.55. The number of fused-ring (bicyclic) bond motifs is 1. The van der Waals surface area contributed by atoms with Crippen LogP contribution in [0.15, 0.2) is 36.5 Å². The van der Waals surface area contributed by atoms with Gasteiger partial charge in [0.05, 0.1) is 5.92 Å². The van der Waals surface area contributed by atoms with Gasteiger partial charge in [0.25, 0.3) is 0 Å². The fourth-order valence-corrected chi connectivity index (χ4v) is 3.55. The summed E-state index contributed by atoms with van der Waals surface area (Å²) in [5, 5.41) is 0. The summed E-state index contributed by atoms with van der Waals surface area (Å²) in [6.45, 7) is 13.4. The largest absolute Gasteiger partial charge is 0.458 e. The van der Waals surface area contributed by atoms with Gasteiger partial charge in [0, 0.05) is 24.5 Å². The summed E-state index contributed by atoms with van der Waals surface area (Å²) in [4.78, 5) is 48.8. The summed E-state index contributed by atoms with van der Waals surface area (Å²) in [7, 11) is 0. The Bertz CT molecular complexity index is 763. The van der Waals surface area contributed by atoms with Crippen LogP contribution < -0.4 is 0 Å². The molecule has 0 saturated carbocycles. The van der Waals surface area contributed by atoms with Crippen molar-refractivity contribution in [2.24, 2.45) is 11.8 Å². The molecular formula is C21H26O7. The Balaban J connectivity index is 2.54. The zero-order valence-corrected chi connectivity index (χ0v) is 16.7. The lowest BCUT2D eigenvalue weighted by molar-refractivity contribution is -0.169. The van der Waals surface area contributed by atoms with E-state index < -0.39 is 47.4 Å². The number of carbonyl (C=O) groups is 4. The Morgan fingerprint density at radius 1 is 1.29 bits per heavy atom. The highest BCUT2D eigenvalue weighted by Gasteiger charge is 2.50. The normalized spacial score (nSPS) is 34.1. The molecule has 1 heterocycles. The average Bonchev–Trinajstić information content (AvgIpc) is 2.84. The summed E-state index contributed by atoms with van der Waals surface area (Å²) < 4.78 is 16.4. The van der Waals surface area contributed by atoms with Gasteiger partial charge in [-0.05, 0) is 32.3 Å². The predicted molar refractivity (Wildman–Crippen MR) is 99.9 cm³/mol. The third kappa shape index (κ3) is 4.58. The van der Waals surface area contributed by atoms with Gasteiger partial charge in [-0.3, -0.25) is 9.59 Å². The topological polar surface area (TPSA) is 96.0 Å². The van der Waals surface area contributed by atoms with E-state index in [0.717, 1.165) is 0 Å². The molecule has 0 radical (unpaired) electrons. The minimum absolute atomic E-state index is 0.104. The first-order chi connectivity index (χ1) is 12.9. The first-order valence-corrected chi connectivity index (χ1v) is 9.13. The maximum atomic E-state index is 12.8. The molecule has 0 aromatic carbocycles. The number of carbonyl (C=O) groups excluding carboxylic acids is 4. The molecule has 7 nitrogen and oxygen atoms in total. The standard InChI is InChI=1S/C21H26O7/c1-11(2)19(24)27-16-10-21(6,28-14(5)22)17(23)8-7-12(3)9-15-18(16)13(4)20(25)26-15/h7-8,12,15-16,18H,1,4,9-10H2,2-3,5-6H3/b8-7+/t12-,15+,16-,18-,21-/m0/s1. The molecule has 1 saturated heterocycles. The van der Waals surface area contributed by atoms with Crippen LogP contribution in [0.25, 0.3) is 0 Å². The molecule has 1 fully saturated rings. The third-order valence-electron chi connectivity index (χ3n) is 4.99. The van der Waals surface area contributed by atoms with Crippen LogP contribution in [0, 0.1) is 11.8 Å². The number of hydrogen-bond acceptors (Lipinski definition) is 7. The number of rotatable bonds is 3. The second kappa shape index (κ2) is 8.12. The molecule has 152 valence electrons. The quantitative estimate of drug-likeness (QED) is 0.415. The molecule has 0 N–H and O–H groups in total. The lowest BCUT2D eigenvalue weighted by Crippen LogP contribution is -2.47. The van der Waals surface area contributed by atoms with E-state index in [1.165, 1.54) is 26.8 Å². The average molecular weight is 390 g/mol. The highest BCUT2D eigenvalue weighted by Crippen LogP contribution is 2.39. The van der Waals surface area contributed by atoms with E-state index in [4.69, 9.17) is 14.2 Å². The van der Waals surface area contributed by atoms with Gasteiger partial charge in [-0.2, -0.15) is 0 Å². The second-order valence-electron chi connectivity index (χ2n) is 7.68. The molecule has 1 aliphatic carbocycles. The number of ketones is 1. The van der Waals surface area contributed by atoms with Crippen molar-refractivity contribution in [3.8, 4) is 0 Å². The minimum Gasteiger partial charge on any atom is -0.458 e. The molecule has 0 bridgehead atoms. The smallest absolute Gasteiger partial charge is 0.334 e. The van der Waals surface area contributed by atoms with E-state index >= 15 is 0 Å². The Hall–Kier alpha value is -2.70. The summed E-state index contributed by atoms with van der Waals surface area (Å²) in [6, 6.07) is 0. The van der Waals surface area contributed by atoms with E-state index in [-0.39, 0.29) is 23.5 Å². The molecule has 0 unspecified atom stereocenters. The van der Waals surface area contributed by atoms with Crippen LogP contribution in [-0.4, -0.2) is 41.5 Å². The molecule has 2 rings (SSSR count). The Morgan fingerprint density at radius 2 is 1.93 bits per heavy atom. The van der Waals surface area contributed by atoms with E-state index in [1.807, 2.05) is 6.92 Å². The highest BCUT2D eigenvalue weighted by molar-refractivity contribution is 5.98. The lowest BCUT2D eigenvalue weighted by atomic mass is 9.79. The highest BCUT2D eigenvalue weighted by atomic mass is 16.6. The molecule has 7 heteroatoms. The molecule has 0 aromatic heterocycles. The molecule has 0 spiro atoms. The van der Waals surface area contributed by atoms with Crippen molar-refractivity contribution in [1.82, 2.24) is 0 Å². The minimum atomic E-state index is -1.57. The van der Waals surface area contributed by atoms with Gasteiger partial charge in [0.15, 0.2) is 11.4 Å². The van der Waals surface area contributed by atoms with Crippen molar-refractivity contribution in [1.29, 1.82) is 0 Å². The first-order valence-electron chi connectivity index (χ1n) is 9.13. The summed E-state index contributed by atoms with van der Waals surface area (Å²) in [5.41, 5.74) is -1.24. The van der Waals surface area contributed by atoms with Crippen molar-refractivity contribution >= 4 is 23.7 Å². The number of ether oxygens (including phenoxy) is 3. The zero-order chi connectivity index (χ0) is 21.2. The van der Waals surface area contributed by atoms with Crippen LogP contribution in [-0.2, 0) is 33.4 Å². The fraction of sp³-hybridized carbons (Fsp3) is 0.524. The van der Waals surface area contributed by atoms with Gasteiger partial charge in [-0.25, -0.2) is 9.59 Å². The Kier molecular flexibility index (Phi) is 6.27. The van der Waals surface area contributed by atoms with E-state index in [2.05, 4.69) is 13.2 Å². The summed E-state index contributed by atoms with van der Waals surface area (Å²) in [5.74, 6) is -3.08. The lowest BCUT2D eigenvalue weighted by Gasteiger charge is -2.35. The monoisotopic (exact) mass is 390 g/mol. The van der Waals surface area contributed by atoms with E-state index in [1.54, 1.807) is 6.08 Å². The van der Waals surface area contributed by atoms with Crippen molar-refractivity contribution < 1.29 is 33.4 Å². The van der Waals surface area contributed by atoms with Crippen LogP contribution in [0.2, 0.25) is 0 Å². The van der Waals surface area contributed by atoms with Crippen LogP contribution in [0.4, 0.5) is 0 Å². The SMILES string of the molecule is C=C(C)C(=O)O[C@H]1C[C@](C)(OC(C)=O)C(=O)/C=C/[C@H](C)C[C@H]2OC(=O)C(=C)[C@H]12. The van der Waals surface area contributed by atoms with Crippen molar-refractivity contribution in [2.75, 3.05) is 0 Å². The maximum Gasteiger partial charge on any atom is 0.334 e. The van der Waals surface area contributed by atoms with E-state index in [0.29, 0.717) is 6.42 Å².